The summed E-state index contributed by atoms with van der Waals surface area (Å²) >= 11 is 0. The molecule has 0 bridgehead atoms. The van der Waals surface area contributed by atoms with E-state index in [9.17, 15) is 0 Å². The molecule has 0 unspecified atom stereocenters. The van der Waals surface area contributed by atoms with Gasteiger partial charge in [-0.3, -0.25) is 4.90 Å². The summed E-state index contributed by atoms with van der Waals surface area (Å²) in [5.41, 5.74) is 1.99. The molecule has 0 spiro atoms. The van der Waals surface area contributed by atoms with Crippen LogP contribution in [0.4, 0.5) is 0 Å². The van der Waals surface area contributed by atoms with E-state index in [0.29, 0.717) is 5.41 Å². The van der Waals surface area contributed by atoms with Crippen LogP contribution in [0.1, 0.15) is 79.2 Å². The highest BCUT2D eigenvalue weighted by atomic mass is 16.5. The first-order chi connectivity index (χ1) is 11.2. The maximum Gasteiger partial charge on any atom is 0.119 e. The molecule has 0 saturated heterocycles. The number of rotatable bonds is 10. The smallest absolute Gasteiger partial charge is 0.119 e. The molecule has 138 valence electrons. The lowest BCUT2D eigenvalue weighted by Gasteiger charge is -2.43. The van der Waals surface area contributed by atoms with Gasteiger partial charge in [0.1, 0.15) is 5.75 Å². The van der Waals surface area contributed by atoms with Gasteiger partial charge in [-0.25, -0.2) is 0 Å². The third-order valence-corrected chi connectivity index (χ3v) is 4.98. The van der Waals surface area contributed by atoms with Crippen LogP contribution >= 0.6 is 0 Å². The van der Waals surface area contributed by atoms with Crippen molar-refractivity contribution in [2.24, 2.45) is 5.41 Å². The minimum atomic E-state index is 0.276. The molecule has 0 aromatic heterocycles. The number of ether oxygens (including phenoxy) is 1. The SMILES string of the molecule is CCCC(C)(CCC)N(CCC(C)(C)C)Cc1cccc(OC)c1. The summed E-state index contributed by atoms with van der Waals surface area (Å²) < 4.78 is 5.41. The second kappa shape index (κ2) is 9.46. The van der Waals surface area contributed by atoms with E-state index in [1.807, 2.05) is 6.07 Å². The highest BCUT2D eigenvalue weighted by Gasteiger charge is 2.31. The van der Waals surface area contributed by atoms with Crippen molar-refractivity contribution in [3.63, 3.8) is 0 Å². The van der Waals surface area contributed by atoms with Crippen LogP contribution in [-0.2, 0) is 6.54 Å². The molecule has 0 N–H and O–H groups in total. The van der Waals surface area contributed by atoms with Gasteiger partial charge in [0.2, 0.25) is 0 Å². The van der Waals surface area contributed by atoms with Crippen LogP contribution in [0.15, 0.2) is 24.3 Å². The van der Waals surface area contributed by atoms with E-state index in [-0.39, 0.29) is 5.54 Å². The Morgan fingerprint density at radius 3 is 2.08 bits per heavy atom. The Labute approximate surface area is 150 Å². The Bertz CT molecular complexity index is 469. The predicted molar refractivity (Wildman–Crippen MR) is 106 cm³/mol. The van der Waals surface area contributed by atoms with E-state index in [1.54, 1.807) is 7.11 Å². The molecule has 1 rings (SSSR count). The summed E-state index contributed by atoms with van der Waals surface area (Å²) in [7, 11) is 1.74. The van der Waals surface area contributed by atoms with E-state index in [4.69, 9.17) is 4.74 Å². The minimum absolute atomic E-state index is 0.276. The number of nitrogens with zero attached hydrogens (tertiary/aromatic N) is 1. The van der Waals surface area contributed by atoms with Crippen LogP contribution in [0.3, 0.4) is 0 Å². The van der Waals surface area contributed by atoms with Crippen LogP contribution < -0.4 is 4.74 Å². The zero-order valence-electron chi connectivity index (χ0n) is 17.1. The normalized spacial score (nSPS) is 12.7. The van der Waals surface area contributed by atoms with Crippen molar-refractivity contribution in [1.29, 1.82) is 0 Å². The summed E-state index contributed by atoms with van der Waals surface area (Å²) in [5, 5.41) is 0. The van der Waals surface area contributed by atoms with Crippen LogP contribution in [0.25, 0.3) is 0 Å². The number of hydrogen-bond acceptors (Lipinski definition) is 2. The van der Waals surface area contributed by atoms with Gasteiger partial charge < -0.3 is 4.74 Å². The van der Waals surface area contributed by atoms with Gasteiger partial charge in [-0.15, -0.1) is 0 Å². The van der Waals surface area contributed by atoms with Crippen molar-refractivity contribution in [2.45, 2.75) is 85.7 Å². The van der Waals surface area contributed by atoms with Crippen molar-refractivity contribution in [2.75, 3.05) is 13.7 Å². The third kappa shape index (κ3) is 6.84. The van der Waals surface area contributed by atoms with Crippen LogP contribution in [0, 0.1) is 5.41 Å². The molecule has 0 radical (unpaired) electrons. The summed E-state index contributed by atoms with van der Waals surface area (Å²) in [4.78, 5) is 2.72. The molecular weight excluding hydrogens is 294 g/mol. The lowest BCUT2D eigenvalue weighted by molar-refractivity contribution is 0.0637. The lowest BCUT2D eigenvalue weighted by Crippen LogP contribution is -2.47. The van der Waals surface area contributed by atoms with Gasteiger partial charge in [0, 0.05) is 12.1 Å². The zero-order chi connectivity index (χ0) is 18.2. The van der Waals surface area contributed by atoms with Gasteiger partial charge in [0.15, 0.2) is 0 Å². The molecule has 0 saturated carbocycles. The molecular formula is C22H39NO. The van der Waals surface area contributed by atoms with Gasteiger partial charge in [-0.1, -0.05) is 59.6 Å². The molecule has 0 heterocycles. The molecule has 2 heteroatoms. The summed E-state index contributed by atoms with van der Waals surface area (Å²) in [5.74, 6) is 0.955. The fourth-order valence-corrected chi connectivity index (χ4v) is 3.52. The van der Waals surface area contributed by atoms with E-state index in [0.717, 1.165) is 18.8 Å². The monoisotopic (exact) mass is 333 g/mol. The molecule has 24 heavy (non-hydrogen) atoms. The van der Waals surface area contributed by atoms with Crippen LogP contribution in [-0.4, -0.2) is 24.1 Å². The van der Waals surface area contributed by atoms with Crippen molar-refractivity contribution in [3.8, 4) is 5.75 Å². The number of hydrogen-bond donors (Lipinski definition) is 0. The van der Waals surface area contributed by atoms with E-state index < -0.39 is 0 Å². The molecule has 2 nitrogen and oxygen atoms in total. The maximum absolute atomic E-state index is 5.41. The third-order valence-electron chi connectivity index (χ3n) is 4.98. The zero-order valence-corrected chi connectivity index (χ0v) is 17.1. The number of benzene rings is 1. The van der Waals surface area contributed by atoms with Crippen LogP contribution in [0.2, 0.25) is 0 Å². The molecule has 1 aromatic carbocycles. The second-order valence-corrected chi connectivity index (χ2v) is 8.58. The van der Waals surface area contributed by atoms with Gasteiger partial charge in [0.25, 0.3) is 0 Å². The topological polar surface area (TPSA) is 12.5 Å². The largest absolute Gasteiger partial charge is 0.497 e. The Morgan fingerprint density at radius 2 is 1.58 bits per heavy atom. The van der Waals surface area contributed by atoms with Crippen molar-refractivity contribution >= 4 is 0 Å². The van der Waals surface area contributed by atoms with E-state index in [1.165, 1.54) is 37.7 Å². The van der Waals surface area contributed by atoms with Gasteiger partial charge in [-0.05, 0) is 55.8 Å². The molecule has 0 aliphatic heterocycles. The molecule has 0 aliphatic rings. The fraction of sp³-hybridized carbons (Fsp3) is 0.727. The molecule has 0 atom stereocenters. The van der Waals surface area contributed by atoms with Gasteiger partial charge in [0.05, 0.1) is 7.11 Å². The summed E-state index contributed by atoms with van der Waals surface area (Å²) in [6.07, 6.45) is 6.21. The quantitative estimate of drug-likeness (QED) is 0.498. The Hall–Kier alpha value is -1.02. The summed E-state index contributed by atoms with van der Waals surface area (Å²) in [6, 6.07) is 8.54. The second-order valence-electron chi connectivity index (χ2n) is 8.58. The summed E-state index contributed by atoms with van der Waals surface area (Å²) in [6.45, 7) is 16.3. The van der Waals surface area contributed by atoms with E-state index in [2.05, 4.69) is 64.6 Å². The molecule has 0 fully saturated rings. The van der Waals surface area contributed by atoms with Gasteiger partial charge in [-0.2, -0.15) is 0 Å². The first kappa shape index (κ1) is 21.0. The average molecular weight is 334 g/mol. The lowest BCUT2D eigenvalue weighted by atomic mass is 9.86. The maximum atomic E-state index is 5.41. The average Bonchev–Trinajstić information content (AvgIpc) is 2.51. The molecule has 0 amide bonds. The number of methoxy groups -OCH3 is 1. The Morgan fingerprint density at radius 1 is 0.958 bits per heavy atom. The first-order valence-electron chi connectivity index (χ1n) is 9.62. The Kier molecular flexibility index (Phi) is 8.29. The standard InChI is InChI=1S/C22H39NO/c1-8-13-22(6,14-9-2)23(16-15-21(3,4)5)18-19-11-10-12-20(17-19)24-7/h10-12,17H,8-9,13-16,18H2,1-7H3. The van der Waals surface area contributed by atoms with Gasteiger partial charge >= 0.3 is 0 Å². The Balaban J connectivity index is 3.01. The first-order valence-corrected chi connectivity index (χ1v) is 9.62. The minimum Gasteiger partial charge on any atom is -0.497 e. The molecule has 1 aromatic rings. The van der Waals surface area contributed by atoms with Crippen molar-refractivity contribution < 1.29 is 4.74 Å². The highest BCUT2D eigenvalue weighted by molar-refractivity contribution is 5.28. The molecule has 0 aliphatic carbocycles. The fourth-order valence-electron chi connectivity index (χ4n) is 3.52. The predicted octanol–water partition coefficient (Wildman–Crippen LogP) is 6.29. The van der Waals surface area contributed by atoms with Crippen LogP contribution in [0.5, 0.6) is 5.75 Å². The highest BCUT2D eigenvalue weighted by Crippen LogP contribution is 2.31. The van der Waals surface area contributed by atoms with Crippen molar-refractivity contribution in [3.05, 3.63) is 29.8 Å². The van der Waals surface area contributed by atoms with Crippen molar-refractivity contribution in [1.82, 2.24) is 4.90 Å². The van der Waals surface area contributed by atoms with E-state index >= 15 is 0 Å².